The van der Waals surface area contributed by atoms with Crippen molar-refractivity contribution in [2.24, 2.45) is 0 Å². The lowest BCUT2D eigenvalue weighted by molar-refractivity contribution is 0.0531. The number of ether oxygens (including phenoxy) is 1. The van der Waals surface area contributed by atoms with Gasteiger partial charge in [0.25, 0.3) is 5.56 Å². The van der Waals surface area contributed by atoms with E-state index in [4.69, 9.17) is 4.74 Å². The maximum Gasteiger partial charge on any atom is 0.348 e. The number of carbonyl (C=O) groups is 1. The van der Waals surface area contributed by atoms with E-state index in [9.17, 15) is 9.59 Å². The van der Waals surface area contributed by atoms with E-state index in [1.165, 1.54) is 16.7 Å². The second kappa shape index (κ2) is 7.91. The van der Waals surface area contributed by atoms with Crippen LogP contribution in [0.4, 0.5) is 5.69 Å². The Balaban J connectivity index is 1.72. The topological polar surface area (TPSA) is 75.3 Å². The van der Waals surface area contributed by atoms with E-state index in [-0.39, 0.29) is 18.2 Å². The van der Waals surface area contributed by atoms with Crippen LogP contribution in [-0.2, 0) is 4.74 Å². The number of hydrogen-bond donors (Lipinski definition) is 1. The third kappa shape index (κ3) is 3.45. The Labute approximate surface area is 178 Å². The normalized spacial score (nSPS) is 12.3. The SMILES string of the molecule is CCOC(=O)c1sc2nc([C@@H](C)N(C)c3ccc4ccccc4c3)[nH]c(=O)c2c1C. The Hall–Kier alpha value is -3.19. The smallest absolute Gasteiger partial charge is 0.348 e. The van der Waals surface area contributed by atoms with E-state index in [1.54, 1.807) is 13.8 Å². The zero-order chi connectivity index (χ0) is 21.4. The molecule has 154 valence electrons. The number of aromatic amines is 1. The summed E-state index contributed by atoms with van der Waals surface area (Å²) in [5.74, 6) is 0.139. The highest BCUT2D eigenvalue weighted by Crippen LogP contribution is 2.30. The molecule has 0 aliphatic rings. The molecule has 4 aromatic rings. The maximum absolute atomic E-state index is 12.8. The molecule has 0 spiro atoms. The van der Waals surface area contributed by atoms with Gasteiger partial charge in [-0.15, -0.1) is 11.3 Å². The van der Waals surface area contributed by atoms with Crippen LogP contribution in [0.5, 0.6) is 0 Å². The molecule has 0 aliphatic heterocycles. The molecule has 0 aliphatic carbocycles. The summed E-state index contributed by atoms with van der Waals surface area (Å²) in [4.78, 5) is 35.6. The quantitative estimate of drug-likeness (QED) is 0.468. The minimum atomic E-state index is -0.416. The van der Waals surface area contributed by atoms with Crippen molar-refractivity contribution in [1.82, 2.24) is 9.97 Å². The van der Waals surface area contributed by atoms with Crippen molar-refractivity contribution in [2.45, 2.75) is 26.8 Å². The van der Waals surface area contributed by atoms with Gasteiger partial charge in [-0.1, -0.05) is 30.3 Å². The van der Waals surface area contributed by atoms with Gasteiger partial charge in [0, 0.05) is 12.7 Å². The Morgan fingerprint density at radius 2 is 1.97 bits per heavy atom. The van der Waals surface area contributed by atoms with Crippen molar-refractivity contribution in [3.05, 3.63) is 69.1 Å². The number of aryl methyl sites for hydroxylation is 1. The highest BCUT2D eigenvalue weighted by Gasteiger charge is 2.22. The molecule has 1 atom stereocenters. The second-order valence-corrected chi connectivity index (χ2v) is 8.23. The molecule has 0 fully saturated rings. The molecule has 0 radical (unpaired) electrons. The molecule has 0 saturated heterocycles. The average molecular weight is 422 g/mol. The van der Waals surface area contributed by atoms with Crippen LogP contribution < -0.4 is 10.5 Å². The van der Waals surface area contributed by atoms with Crippen LogP contribution >= 0.6 is 11.3 Å². The number of rotatable bonds is 5. The van der Waals surface area contributed by atoms with Gasteiger partial charge in [0.15, 0.2) is 0 Å². The average Bonchev–Trinajstić information content (AvgIpc) is 3.09. The maximum atomic E-state index is 12.8. The molecule has 2 heterocycles. The molecule has 7 heteroatoms. The van der Waals surface area contributed by atoms with E-state index in [1.807, 2.05) is 26.1 Å². The van der Waals surface area contributed by atoms with Crippen molar-refractivity contribution >= 4 is 44.0 Å². The zero-order valence-corrected chi connectivity index (χ0v) is 18.2. The summed E-state index contributed by atoms with van der Waals surface area (Å²) in [5, 5.41) is 2.78. The predicted octanol–water partition coefficient (Wildman–Crippen LogP) is 4.82. The molecular weight excluding hydrogens is 398 g/mol. The molecule has 4 rings (SSSR count). The predicted molar refractivity (Wildman–Crippen MR) is 122 cm³/mol. The molecule has 0 amide bonds. The van der Waals surface area contributed by atoms with Gasteiger partial charge in [0.1, 0.15) is 15.5 Å². The first kappa shape index (κ1) is 20.1. The number of nitrogens with zero attached hydrogens (tertiary/aromatic N) is 2. The highest BCUT2D eigenvalue weighted by molar-refractivity contribution is 7.20. The lowest BCUT2D eigenvalue weighted by atomic mass is 10.1. The van der Waals surface area contributed by atoms with Gasteiger partial charge in [-0.2, -0.15) is 0 Å². The number of carbonyl (C=O) groups excluding carboxylic acids is 1. The van der Waals surface area contributed by atoms with Crippen molar-refractivity contribution in [3.63, 3.8) is 0 Å². The Bertz CT molecular complexity index is 1310. The van der Waals surface area contributed by atoms with Gasteiger partial charge in [-0.05, 0) is 49.2 Å². The van der Waals surface area contributed by atoms with Gasteiger partial charge in [-0.3, -0.25) is 4.79 Å². The van der Waals surface area contributed by atoms with Crippen molar-refractivity contribution in [2.75, 3.05) is 18.6 Å². The van der Waals surface area contributed by atoms with Crippen LogP contribution in [0.1, 0.15) is 40.9 Å². The third-order valence-electron chi connectivity index (χ3n) is 5.40. The first-order chi connectivity index (χ1) is 14.4. The first-order valence-electron chi connectivity index (χ1n) is 9.82. The summed E-state index contributed by atoms with van der Waals surface area (Å²) in [6.45, 7) is 5.79. The lowest BCUT2D eigenvalue weighted by Crippen LogP contribution is -2.25. The van der Waals surface area contributed by atoms with Crippen molar-refractivity contribution < 1.29 is 9.53 Å². The Kier molecular flexibility index (Phi) is 5.30. The third-order valence-corrected chi connectivity index (χ3v) is 6.56. The van der Waals surface area contributed by atoms with E-state index in [2.05, 4.69) is 45.2 Å². The molecule has 0 unspecified atom stereocenters. The number of nitrogens with one attached hydrogen (secondary N) is 1. The number of H-pyrrole nitrogens is 1. The number of aromatic nitrogens is 2. The molecule has 2 aromatic carbocycles. The number of hydrogen-bond acceptors (Lipinski definition) is 6. The summed E-state index contributed by atoms with van der Waals surface area (Å²) in [6, 6.07) is 14.3. The standard InChI is InChI=1S/C23H23N3O3S/c1-5-29-23(28)19-13(2)18-21(27)24-20(25-22(18)30-19)14(3)26(4)17-11-10-15-8-6-7-9-16(15)12-17/h6-12,14H,5H2,1-4H3,(H,24,25,27)/t14-/m1/s1. The van der Waals surface area contributed by atoms with E-state index in [0.29, 0.717) is 26.5 Å². The molecule has 6 nitrogen and oxygen atoms in total. The summed E-state index contributed by atoms with van der Waals surface area (Å²) < 4.78 is 5.11. The highest BCUT2D eigenvalue weighted by atomic mass is 32.1. The van der Waals surface area contributed by atoms with Crippen LogP contribution in [0.3, 0.4) is 0 Å². The van der Waals surface area contributed by atoms with Crippen LogP contribution in [0, 0.1) is 6.92 Å². The van der Waals surface area contributed by atoms with Gasteiger partial charge in [-0.25, -0.2) is 9.78 Å². The summed E-state index contributed by atoms with van der Waals surface area (Å²) in [5.41, 5.74) is 1.40. The Morgan fingerprint density at radius 1 is 1.23 bits per heavy atom. The van der Waals surface area contributed by atoms with Gasteiger partial charge in [0.05, 0.1) is 18.0 Å². The molecular formula is C23H23N3O3S. The minimum Gasteiger partial charge on any atom is -0.462 e. The van der Waals surface area contributed by atoms with Crippen molar-refractivity contribution in [3.8, 4) is 0 Å². The number of anilines is 1. The molecule has 0 bridgehead atoms. The molecule has 2 aromatic heterocycles. The number of esters is 1. The monoisotopic (exact) mass is 421 g/mol. The van der Waals surface area contributed by atoms with Crippen LogP contribution in [0.2, 0.25) is 0 Å². The number of fused-ring (bicyclic) bond motifs is 2. The molecule has 1 N–H and O–H groups in total. The van der Waals surface area contributed by atoms with Crippen LogP contribution in [0.15, 0.2) is 47.3 Å². The number of thiophene rings is 1. The fraction of sp³-hybridized carbons (Fsp3) is 0.261. The Morgan fingerprint density at radius 3 is 2.70 bits per heavy atom. The van der Waals surface area contributed by atoms with Crippen LogP contribution in [-0.4, -0.2) is 29.6 Å². The lowest BCUT2D eigenvalue weighted by Gasteiger charge is -2.26. The van der Waals surface area contributed by atoms with Crippen molar-refractivity contribution in [1.29, 1.82) is 0 Å². The summed E-state index contributed by atoms with van der Waals surface area (Å²) in [7, 11) is 1.97. The van der Waals surface area contributed by atoms with E-state index < -0.39 is 5.97 Å². The van der Waals surface area contributed by atoms with E-state index in [0.717, 1.165) is 11.1 Å². The zero-order valence-electron chi connectivity index (χ0n) is 17.4. The number of benzene rings is 2. The van der Waals surface area contributed by atoms with Gasteiger partial charge < -0.3 is 14.6 Å². The molecule has 30 heavy (non-hydrogen) atoms. The summed E-state index contributed by atoms with van der Waals surface area (Å²) >= 11 is 1.20. The van der Waals surface area contributed by atoms with Gasteiger partial charge >= 0.3 is 5.97 Å². The molecule has 0 saturated carbocycles. The van der Waals surface area contributed by atoms with E-state index >= 15 is 0 Å². The first-order valence-corrected chi connectivity index (χ1v) is 10.6. The fourth-order valence-corrected chi connectivity index (χ4v) is 4.64. The second-order valence-electron chi connectivity index (χ2n) is 7.23. The largest absolute Gasteiger partial charge is 0.462 e. The van der Waals surface area contributed by atoms with Crippen LogP contribution in [0.25, 0.3) is 21.0 Å². The van der Waals surface area contributed by atoms with Gasteiger partial charge in [0.2, 0.25) is 0 Å². The minimum absolute atomic E-state index is 0.170. The summed E-state index contributed by atoms with van der Waals surface area (Å²) in [6.07, 6.45) is 0. The fourth-order valence-electron chi connectivity index (χ4n) is 3.55.